The number of aliphatic hydroxyl groups is 1. The van der Waals surface area contributed by atoms with Gasteiger partial charge in [0.1, 0.15) is 30.8 Å². The number of hydrogen-bond donors (Lipinski definition) is 3. The number of fused-ring (bicyclic) bond motifs is 3. The van der Waals surface area contributed by atoms with E-state index in [0.29, 0.717) is 48.4 Å². The molecule has 3 aromatic carbocycles. The summed E-state index contributed by atoms with van der Waals surface area (Å²) in [6.07, 6.45) is 0.666. The van der Waals surface area contributed by atoms with Gasteiger partial charge in [-0.05, 0) is 57.7 Å². The highest BCUT2D eigenvalue weighted by Crippen LogP contribution is 2.44. The highest BCUT2D eigenvalue weighted by atomic mass is 16.5. The van der Waals surface area contributed by atoms with E-state index >= 15 is 0 Å². The van der Waals surface area contributed by atoms with Gasteiger partial charge >= 0.3 is 12.1 Å². The Labute approximate surface area is 281 Å². The van der Waals surface area contributed by atoms with E-state index in [1.807, 2.05) is 64.1 Å². The number of alkyl carbamates (subject to hydrolysis) is 1. The number of benzene rings is 3. The quantitative estimate of drug-likeness (QED) is 0.130. The van der Waals surface area contributed by atoms with Crippen molar-refractivity contribution in [3.05, 3.63) is 101 Å². The zero-order valence-corrected chi connectivity index (χ0v) is 28.0. The Morgan fingerprint density at radius 3 is 2.17 bits per heavy atom. The smallest absolute Gasteiger partial charge is 0.407 e. The average molecular weight is 653 g/mol. The lowest BCUT2D eigenvalue weighted by molar-refractivity contribution is -0.139. The number of carbonyl (C=O) groups is 3. The lowest BCUT2D eigenvalue weighted by Gasteiger charge is -2.30. The fraction of sp³-hybridized carbons (Fsp3) is 0.385. The minimum absolute atomic E-state index is 0.0616. The van der Waals surface area contributed by atoms with Crippen molar-refractivity contribution in [3.63, 3.8) is 0 Å². The highest BCUT2D eigenvalue weighted by molar-refractivity contribution is 6.23. The van der Waals surface area contributed by atoms with Crippen LogP contribution in [0.2, 0.25) is 0 Å². The molecule has 9 heteroatoms. The van der Waals surface area contributed by atoms with Crippen LogP contribution in [0.1, 0.15) is 69.6 Å². The molecule has 0 heterocycles. The van der Waals surface area contributed by atoms with Gasteiger partial charge in [-0.2, -0.15) is 0 Å². The van der Waals surface area contributed by atoms with Crippen LogP contribution in [-0.4, -0.2) is 59.6 Å². The van der Waals surface area contributed by atoms with Gasteiger partial charge in [-0.1, -0.05) is 88.4 Å². The largest absolute Gasteiger partial charge is 0.511 e. The Morgan fingerprint density at radius 2 is 1.58 bits per heavy atom. The van der Waals surface area contributed by atoms with Crippen molar-refractivity contribution in [2.45, 2.75) is 65.3 Å². The van der Waals surface area contributed by atoms with E-state index in [0.717, 1.165) is 22.3 Å². The highest BCUT2D eigenvalue weighted by Gasteiger charge is 2.35. The van der Waals surface area contributed by atoms with Gasteiger partial charge in [0, 0.05) is 30.9 Å². The van der Waals surface area contributed by atoms with E-state index in [9.17, 15) is 24.6 Å². The molecule has 3 N–H and O–H groups in total. The number of carbonyl (C=O) groups excluding carboxylic acids is 2. The van der Waals surface area contributed by atoms with Crippen molar-refractivity contribution in [3.8, 4) is 16.9 Å². The van der Waals surface area contributed by atoms with Crippen molar-refractivity contribution in [1.29, 1.82) is 0 Å². The van der Waals surface area contributed by atoms with Crippen LogP contribution in [0, 0.1) is 11.3 Å². The molecule has 5 rings (SSSR count). The van der Waals surface area contributed by atoms with Gasteiger partial charge in [-0.25, -0.2) is 9.59 Å². The summed E-state index contributed by atoms with van der Waals surface area (Å²) in [5, 5.41) is 23.0. The molecule has 0 radical (unpaired) electrons. The molecule has 2 aliphatic carbocycles. The predicted molar refractivity (Wildman–Crippen MR) is 185 cm³/mol. The summed E-state index contributed by atoms with van der Waals surface area (Å²) >= 11 is 0. The normalized spacial score (nSPS) is 16.4. The molecular weight excluding hydrogens is 608 g/mol. The Kier molecular flexibility index (Phi) is 10.7. The van der Waals surface area contributed by atoms with Crippen molar-refractivity contribution >= 4 is 23.6 Å². The SMILES string of the molecule is CC(C)CC(=NCCOc1ccc(C[C@H](NC(=O)OCC2c3ccccc3-c3ccccc32)C(=O)O)cc1)C1=C(O)CC(C)(C)CC1=O. The van der Waals surface area contributed by atoms with E-state index in [4.69, 9.17) is 9.47 Å². The van der Waals surface area contributed by atoms with Gasteiger partial charge in [0.25, 0.3) is 0 Å². The third kappa shape index (κ3) is 8.32. The molecule has 48 heavy (non-hydrogen) atoms. The molecule has 0 aromatic heterocycles. The van der Waals surface area contributed by atoms with Crippen molar-refractivity contribution in [2.75, 3.05) is 19.8 Å². The Morgan fingerprint density at radius 1 is 0.958 bits per heavy atom. The summed E-state index contributed by atoms with van der Waals surface area (Å²) in [5.74, 6) is -0.424. The number of nitrogens with zero attached hydrogens (tertiary/aromatic N) is 1. The van der Waals surface area contributed by atoms with Gasteiger partial charge in [0.15, 0.2) is 5.78 Å². The molecule has 9 nitrogen and oxygen atoms in total. The van der Waals surface area contributed by atoms with Crippen LogP contribution in [0.25, 0.3) is 11.1 Å². The molecule has 0 fully saturated rings. The molecule has 0 unspecified atom stereocenters. The number of carboxylic acids is 1. The van der Waals surface area contributed by atoms with Crippen LogP contribution in [-0.2, 0) is 20.7 Å². The fourth-order valence-corrected chi connectivity index (χ4v) is 6.53. The maximum atomic E-state index is 12.9. The first kappa shape index (κ1) is 34.4. The van der Waals surface area contributed by atoms with Crippen LogP contribution < -0.4 is 10.1 Å². The Hall–Kier alpha value is -4.92. The van der Waals surface area contributed by atoms with E-state index in [2.05, 4.69) is 22.4 Å². The van der Waals surface area contributed by atoms with E-state index in [1.54, 1.807) is 24.3 Å². The molecule has 252 valence electrons. The molecule has 0 spiro atoms. The zero-order valence-electron chi connectivity index (χ0n) is 28.0. The lowest BCUT2D eigenvalue weighted by atomic mass is 9.75. The predicted octanol–water partition coefficient (Wildman–Crippen LogP) is 7.29. The Balaban J connectivity index is 1.14. The zero-order chi connectivity index (χ0) is 34.4. The molecule has 0 saturated heterocycles. The summed E-state index contributed by atoms with van der Waals surface area (Å²) < 4.78 is 11.4. The van der Waals surface area contributed by atoms with Crippen LogP contribution in [0.5, 0.6) is 5.75 Å². The summed E-state index contributed by atoms with van der Waals surface area (Å²) in [7, 11) is 0. The maximum Gasteiger partial charge on any atom is 0.407 e. The molecule has 1 amide bonds. The van der Waals surface area contributed by atoms with E-state index in [1.165, 1.54) is 0 Å². The molecule has 0 bridgehead atoms. The summed E-state index contributed by atoms with van der Waals surface area (Å²) in [4.78, 5) is 42.3. The summed E-state index contributed by atoms with van der Waals surface area (Å²) in [5.41, 5.74) is 5.77. The monoisotopic (exact) mass is 652 g/mol. The number of hydrogen-bond acceptors (Lipinski definition) is 7. The minimum Gasteiger partial charge on any atom is -0.511 e. The number of rotatable bonds is 13. The number of ketones is 1. The van der Waals surface area contributed by atoms with Crippen LogP contribution in [0.3, 0.4) is 0 Å². The van der Waals surface area contributed by atoms with Gasteiger partial charge in [0.05, 0.1) is 12.1 Å². The average Bonchev–Trinajstić information content (AvgIpc) is 3.34. The van der Waals surface area contributed by atoms with Crippen LogP contribution in [0.4, 0.5) is 4.79 Å². The number of aliphatic imine (C=N–C) groups is 1. The van der Waals surface area contributed by atoms with Gasteiger partial charge < -0.3 is 25.0 Å². The minimum atomic E-state index is -1.18. The van der Waals surface area contributed by atoms with Crippen LogP contribution >= 0.6 is 0 Å². The number of ether oxygens (including phenoxy) is 2. The number of amides is 1. The van der Waals surface area contributed by atoms with Crippen molar-refractivity contribution in [1.82, 2.24) is 5.32 Å². The molecule has 0 saturated carbocycles. The summed E-state index contributed by atoms with van der Waals surface area (Å²) in [6.45, 7) is 8.69. The maximum absolute atomic E-state index is 12.9. The number of Topliss-reactive ketones (excluding diaryl/α,β-unsaturated/α-hetero) is 1. The third-order valence-corrected chi connectivity index (χ3v) is 8.70. The van der Waals surface area contributed by atoms with Crippen LogP contribution in [0.15, 0.2) is 89.1 Å². The van der Waals surface area contributed by atoms with E-state index < -0.39 is 18.1 Å². The third-order valence-electron chi connectivity index (χ3n) is 8.70. The molecule has 3 aromatic rings. The molecule has 2 aliphatic rings. The second-order valence-corrected chi connectivity index (χ2v) is 13.7. The number of allylic oxidation sites excluding steroid dienone is 2. The number of aliphatic carboxylic acids is 1. The standard InChI is InChI=1S/C39H44N2O7/c1-24(2)19-32(36-34(42)21-39(3,4)22-35(36)43)40-17-18-47-26-15-13-25(14-16-26)20-33(37(44)45)41-38(46)48-23-31-29-11-7-5-9-27(29)28-10-6-8-12-30(28)31/h5-16,24,31,33,42H,17-23H2,1-4H3,(H,41,46)(H,44,45)/t33-/m0/s1. The van der Waals surface area contributed by atoms with Gasteiger partial charge in [-0.3, -0.25) is 9.79 Å². The second-order valence-electron chi connectivity index (χ2n) is 13.7. The first-order valence-corrected chi connectivity index (χ1v) is 16.5. The summed E-state index contributed by atoms with van der Waals surface area (Å²) in [6, 6.07) is 21.8. The number of aliphatic hydroxyl groups excluding tert-OH is 1. The first-order chi connectivity index (χ1) is 22.9. The molecule has 1 atom stereocenters. The fourth-order valence-electron chi connectivity index (χ4n) is 6.53. The van der Waals surface area contributed by atoms with Crippen molar-refractivity contribution < 1.29 is 34.1 Å². The van der Waals surface area contributed by atoms with Gasteiger partial charge in [0.2, 0.25) is 0 Å². The molecular formula is C39H44N2O7. The topological polar surface area (TPSA) is 135 Å². The molecule has 0 aliphatic heterocycles. The number of nitrogens with one attached hydrogen (secondary N) is 1. The lowest BCUT2D eigenvalue weighted by Crippen LogP contribution is -2.42. The second kappa shape index (κ2) is 14.9. The van der Waals surface area contributed by atoms with E-state index in [-0.39, 0.29) is 48.4 Å². The van der Waals surface area contributed by atoms with Crippen molar-refractivity contribution in [2.24, 2.45) is 16.3 Å². The first-order valence-electron chi connectivity index (χ1n) is 16.5. The number of carboxylic acid groups (broad SMARTS) is 1. The Bertz CT molecular complexity index is 1680. The van der Waals surface area contributed by atoms with Gasteiger partial charge in [-0.15, -0.1) is 0 Å².